The van der Waals surface area contributed by atoms with Gasteiger partial charge in [-0.25, -0.2) is 0 Å². The van der Waals surface area contributed by atoms with Gasteiger partial charge in [-0.3, -0.25) is 14.4 Å². The minimum absolute atomic E-state index is 0.0163. The highest BCUT2D eigenvalue weighted by Gasteiger charge is 2.41. The lowest BCUT2D eigenvalue weighted by molar-refractivity contribution is -0.161. The molecule has 7 nitrogen and oxygen atoms in total. The van der Waals surface area contributed by atoms with Gasteiger partial charge in [0.1, 0.15) is 6.61 Å². The number of nitrogens with one attached hydrogen (secondary N) is 1. The molecule has 0 radical (unpaired) electrons. The van der Waals surface area contributed by atoms with Crippen molar-refractivity contribution in [2.75, 3.05) is 26.2 Å². The van der Waals surface area contributed by atoms with Crippen LogP contribution in [0.2, 0.25) is 0 Å². The summed E-state index contributed by atoms with van der Waals surface area (Å²) < 4.78 is 5.62. The van der Waals surface area contributed by atoms with E-state index in [0.717, 1.165) is 18.4 Å². The molecule has 1 aromatic rings. The summed E-state index contributed by atoms with van der Waals surface area (Å²) in [5, 5.41) is 2.87. The molecule has 3 amide bonds. The monoisotopic (exact) mass is 385 g/mol. The minimum atomic E-state index is -0.811. The number of hydrogen-bond donors (Lipinski definition) is 1. The van der Waals surface area contributed by atoms with Crippen molar-refractivity contribution in [3.05, 3.63) is 35.9 Å². The number of morpholine rings is 1. The highest BCUT2D eigenvalue weighted by atomic mass is 16.5. The van der Waals surface area contributed by atoms with Gasteiger partial charge in [0.25, 0.3) is 5.91 Å². The molecule has 0 spiro atoms. The number of hydrogen-bond acceptors (Lipinski definition) is 4. The summed E-state index contributed by atoms with van der Waals surface area (Å²) in [7, 11) is 0. The number of rotatable bonds is 3. The van der Waals surface area contributed by atoms with Gasteiger partial charge in [-0.05, 0) is 18.4 Å². The number of ether oxygens (including phenoxy) is 1. The molecule has 1 aromatic carbocycles. The molecule has 0 unspecified atom stereocenters. The molecule has 1 N–H and O–H groups in total. The molecule has 3 aliphatic rings. The van der Waals surface area contributed by atoms with Crippen LogP contribution in [-0.4, -0.2) is 65.9 Å². The molecule has 0 bridgehead atoms. The second-order valence-corrected chi connectivity index (χ2v) is 7.83. The minimum Gasteiger partial charge on any atom is -0.356 e. The average molecular weight is 385 g/mol. The van der Waals surface area contributed by atoms with E-state index in [1.54, 1.807) is 4.90 Å². The largest absolute Gasteiger partial charge is 0.356 e. The Morgan fingerprint density at radius 2 is 1.79 bits per heavy atom. The Bertz CT molecular complexity index is 732. The van der Waals surface area contributed by atoms with E-state index < -0.39 is 12.1 Å². The van der Waals surface area contributed by atoms with E-state index in [0.29, 0.717) is 19.1 Å². The highest BCUT2D eigenvalue weighted by molar-refractivity contribution is 5.90. The lowest BCUT2D eigenvalue weighted by Crippen LogP contribution is -2.60. The summed E-state index contributed by atoms with van der Waals surface area (Å²) in [6.45, 7) is 1.03. The molecule has 7 heteroatoms. The Kier molecular flexibility index (Phi) is 5.62. The molecule has 0 aromatic heterocycles. The van der Waals surface area contributed by atoms with Gasteiger partial charge in [0, 0.05) is 19.1 Å². The molecule has 28 heavy (non-hydrogen) atoms. The normalized spacial score (nSPS) is 26.9. The van der Waals surface area contributed by atoms with Crippen LogP contribution in [-0.2, 0) is 19.1 Å². The van der Waals surface area contributed by atoms with Crippen molar-refractivity contribution in [1.29, 1.82) is 0 Å². The lowest BCUT2D eigenvalue weighted by atomic mass is 9.93. The third-order valence-corrected chi connectivity index (χ3v) is 6.00. The standard InChI is InChI=1S/C21H27N3O4/c25-17-14-28-20(19(22-17)15-7-3-1-4-8-15)21(27)23-11-12-24(18(26)13-23)16-9-5-2-6-10-16/h1,3-4,7-8,16,19-20H,2,5-6,9-14H2,(H,22,25)/t19-,20+/m1/s1. The zero-order chi connectivity index (χ0) is 19.5. The molecule has 1 saturated carbocycles. The smallest absolute Gasteiger partial charge is 0.254 e. The van der Waals surface area contributed by atoms with Crippen molar-refractivity contribution >= 4 is 17.7 Å². The number of carbonyl (C=O) groups excluding carboxylic acids is 3. The number of piperazine rings is 1. The molecule has 150 valence electrons. The predicted molar refractivity (Wildman–Crippen MR) is 102 cm³/mol. The fraction of sp³-hybridized carbons (Fsp3) is 0.571. The number of benzene rings is 1. The van der Waals surface area contributed by atoms with E-state index in [4.69, 9.17) is 4.74 Å². The quantitative estimate of drug-likeness (QED) is 0.849. The number of nitrogens with zero attached hydrogens (tertiary/aromatic N) is 2. The predicted octanol–water partition coefficient (Wildman–Crippen LogP) is 1.25. The van der Waals surface area contributed by atoms with Gasteiger partial charge in [-0.1, -0.05) is 49.6 Å². The summed E-state index contributed by atoms with van der Waals surface area (Å²) in [6, 6.07) is 9.13. The molecule has 4 rings (SSSR count). The molecule has 2 atom stereocenters. The lowest BCUT2D eigenvalue weighted by Gasteiger charge is -2.42. The molecule has 2 saturated heterocycles. The molecule has 2 heterocycles. The maximum Gasteiger partial charge on any atom is 0.254 e. The second kappa shape index (κ2) is 8.31. The molecular formula is C21H27N3O4. The van der Waals surface area contributed by atoms with E-state index >= 15 is 0 Å². The van der Waals surface area contributed by atoms with Crippen LogP contribution >= 0.6 is 0 Å². The summed E-state index contributed by atoms with van der Waals surface area (Å²) >= 11 is 0. The van der Waals surface area contributed by atoms with E-state index in [9.17, 15) is 14.4 Å². The zero-order valence-electron chi connectivity index (χ0n) is 16.0. The zero-order valence-corrected chi connectivity index (χ0v) is 16.0. The van der Waals surface area contributed by atoms with Crippen LogP contribution in [0.4, 0.5) is 0 Å². The first-order valence-electron chi connectivity index (χ1n) is 10.2. The Balaban J connectivity index is 1.44. The second-order valence-electron chi connectivity index (χ2n) is 7.83. The maximum atomic E-state index is 13.2. The van der Waals surface area contributed by atoms with Gasteiger partial charge in [-0.2, -0.15) is 0 Å². The van der Waals surface area contributed by atoms with Crippen LogP contribution in [0.3, 0.4) is 0 Å². The first kappa shape index (κ1) is 18.9. The van der Waals surface area contributed by atoms with Crippen LogP contribution in [0, 0.1) is 0 Å². The fourth-order valence-corrected chi connectivity index (χ4v) is 4.52. The van der Waals surface area contributed by atoms with E-state index in [-0.39, 0.29) is 30.9 Å². The van der Waals surface area contributed by atoms with Gasteiger partial charge >= 0.3 is 0 Å². The van der Waals surface area contributed by atoms with Gasteiger partial charge in [-0.15, -0.1) is 0 Å². The van der Waals surface area contributed by atoms with E-state index in [1.807, 2.05) is 35.2 Å². The Hall–Kier alpha value is -2.41. The third-order valence-electron chi connectivity index (χ3n) is 6.00. The highest BCUT2D eigenvalue weighted by Crippen LogP contribution is 2.27. The van der Waals surface area contributed by atoms with Crippen LogP contribution in [0.1, 0.15) is 43.7 Å². The first-order valence-corrected chi connectivity index (χ1v) is 10.2. The molecule has 2 aliphatic heterocycles. The van der Waals surface area contributed by atoms with E-state index in [1.165, 1.54) is 19.3 Å². The van der Waals surface area contributed by atoms with Crippen molar-refractivity contribution in [2.24, 2.45) is 0 Å². The van der Waals surface area contributed by atoms with Crippen LogP contribution in [0.5, 0.6) is 0 Å². The average Bonchev–Trinajstić information content (AvgIpc) is 2.74. The third kappa shape index (κ3) is 3.90. The number of carbonyl (C=O) groups is 3. The van der Waals surface area contributed by atoms with Crippen molar-refractivity contribution in [2.45, 2.75) is 50.3 Å². The Morgan fingerprint density at radius 3 is 2.50 bits per heavy atom. The topological polar surface area (TPSA) is 79.0 Å². The Labute approximate surface area is 165 Å². The molecular weight excluding hydrogens is 358 g/mol. The van der Waals surface area contributed by atoms with Crippen molar-refractivity contribution in [3.63, 3.8) is 0 Å². The fourth-order valence-electron chi connectivity index (χ4n) is 4.52. The van der Waals surface area contributed by atoms with Crippen LogP contribution in [0.15, 0.2) is 30.3 Å². The van der Waals surface area contributed by atoms with Crippen molar-refractivity contribution in [3.8, 4) is 0 Å². The van der Waals surface area contributed by atoms with Gasteiger partial charge in [0.05, 0.1) is 12.6 Å². The van der Waals surface area contributed by atoms with Gasteiger partial charge < -0.3 is 19.9 Å². The first-order chi connectivity index (χ1) is 13.6. The van der Waals surface area contributed by atoms with Gasteiger partial charge in [0.15, 0.2) is 6.10 Å². The summed E-state index contributed by atoms with van der Waals surface area (Å²) in [5.74, 6) is -0.454. The van der Waals surface area contributed by atoms with Crippen molar-refractivity contribution < 1.29 is 19.1 Å². The molecule has 3 fully saturated rings. The SMILES string of the molecule is O=C1CO[C@H](C(=O)N2CCN(C3CCCCC3)C(=O)C2)[C@@H](c2ccccc2)N1. The number of amides is 3. The summed E-state index contributed by atoms with van der Waals surface area (Å²) in [4.78, 5) is 41.2. The van der Waals surface area contributed by atoms with E-state index in [2.05, 4.69) is 5.32 Å². The summed E-state index contributed by atoms with van der Waals surface area (Å²) in [6.07, 6.45) is 4.90. The van der Waals surface area contributed by atoms with Crippen LogP contribution in [0.25, 0.3) is 0 Å². The summed E-state index contributed by atoms with van der Waals surface area (Å²) in [5.41, 5.74) is 0.820. The van der Waals surface area contributed by atoms with Crippen LogP contribution < -0.4 is 5.32 Å². The van der Waals surface area contributed by atoms with Gasteiger partial charge in [0.2, 0.25) is 11.8 Å². The maximum absolute atomic E-state index is 13.2. The van der Waals surface area contributed by atoms with Crippen molar-refractivity contribution in [1.82, 2.24) is 15.1 Å². The molecule has 1 aliphatic carbocycles. The Morgan fingerprint density at radius 1 is 1.04 bits per heavy atom.